The van der Waals surface area contributed by atoms with Crippen molar-refractivity contribution in [2.45, 2.75) is 104 Å². The number of unbranched alkanes of at least 4 members (excludes halogenated alkanes) is 7. The minimum absolute atomic E-state index is 0.0230. The Morgan fingerprint density at radius 3 is 1.67 bits per heavy atom. The van der Waals surface area contributed by atoms with Gasteiger partial charge >= 0.3 is 5.97 Å². The van der Waals surface area contributed by atoms with Gasteiger partial charge in [-0.05, 0) is 48.7 Å². The molecule has 0 saturated carbocycles. The zero-order valence-corrected chi connectivity index (χ0v) is 29.3. The number of carboxylic acid groups (broad SMARTS) is 1. The molecule has 3 heterocycles. The van der Waals surface area contributed by atoms with Gasteiger partial charge in [-0.2, -0.15) is 5.06 Å². The lowest BCUT2D eigenvalue weighted by Gasteiger charge is -2.03. The number of carbonyl (C=O) groups excluding carboxylic acids is 2. The summed E-state index contributed by atoms with van der Waals surface area (Å²) in [5, 5.41) is 22.2. The molecule has 0 spiro atoms. The van der Waals surface area contributed by atoms with Crippen molar-refractivity contribution in [3.8, 4) is 0 Å². The van der Waals surface area contributed by atoms with E-state index in [1.165, 1.54) is 51.4 Å². The highest BCUT2D eigenvalue weighted by atomic mass is 16.5. The van der Waals surface area contributed by atoms with E-state index in [0.717, 1.165) is 40.2 Å². The topological polar surface area (TPSA) is 147 Å². The molecular weight excluding hydrogens is 616 g/mol. The molecule has 1 aliphatic rings. The molecule has 9 heteroatoms. The van der Waals surface area contributed by atoms with E-state index in [2.05, 4.69) is 36.5 Å². The fourth-order valence-corrected chi connectivity index (χ4v) is 5.03. The van der Waals surface area contributed by atoms with E-state index in [-0.39, 0.29) is 12.3 Å². The second-order valence-electron chi connectivity index (χ2n) is 12.1. The molecule has 1 fully saturated rings. The van der Waals surface area contributed by atoms with Crippen LogP contribution >= 0.6 is 0 Å². The molecule has 0 bridgehead atoms. The van der Waals surface area contributed by atoms with E-state index in [4.69, 9.17) is 16.0 Å². The maximum Gasteiger partial charge on any atom is 0.309 e. The Morgan fingerprint density at radius 2 is 1.24 bits per heavy atom. The van der Waals surface area contributed by atoms with Crippen LogP contribution < -0.4 is 5.73 Å². The lowest BCUT2D eigenvalue weighted by molar-refractivity contribution is -0.151. The summed E-state index contributed by atoms with van der Waals surface area (Å²) in [6.45, 7) is 8.71. The Bertz CT molecular complexity index is 1590. The number of Topliss-reactive ketones (excluding diaryl/α,β-unsaturated/α-hetero) is 1. The SMILES string of the molecule is C=C1CCC(=O)N1O.CCCCCCCC(=O)Cc1cc2ccccc2cn1.CCCCCCN.O=C(O)Cc1cc2ccccc2cn1. The number of nitrogens with zero attached hydrogens (tertiary/aromatic N) is 3. The van der Waals surface area contributed by atoms with Gasteiger partial charge in [-0.25, -0.2) is 0 Å². The summed E-state index contributed by atoms with van der Waals surface area (Å²) in [7, 11) is 0. The van der Waals surface area contributed by atoms with Crippen LogP contribution in [-0.4, -0.2) is 49.5 Å². The maximum atomic E-state index is 11.9. The number of fused-ring (bicyclic) bond motifs is 2. The summed E-state index contributed by atoms with van der Waals surface area (Å²) < 4.78 is 0. The normalized spacial score (nSPS) is 12.0. The molecule has 0 atom stereocenters. The monoisotopic (exact) mass is 670 g/mol. The van der Waals surface area contributed by atoms with Crippen molar-refractivity contribution in [1.82, 2.24) is 15.0 Å². The molecule has 2 aromatic heterocycles. The first-order valence-electron chi connectivity index (χ1n) is 17.5. The number of aromatic nitrogens is 2. The Labute approximate surface area is 291 Å². The summed E-state index contributed by atoms with van der Waals surface area (Å²) in [4.78, 5) is 41.3. The molecule has 264 valence electrons. The van der Waals surface area contributed by atoms with Crippen LogP contribution in [0.5, 0.6) is 0 Å². The highest BCUT2D eigenvalue weighted by Gasteiger charge is 2.21. The van der Waals surface area contributed by atoms with Gasteiger partial charge in [0, 0.05) is 53.8 Å². The van der Waals surface area contributed by atoms with E-state index in [1.54, 1.807) is 6.20 Å². The van der Waals surface area contributed by atoms with Crippen molar-refractivity contribution in [1.29, 1.82) is 0 Å². The number of hydrogen-bond acceptors (Lipinski definition) is 7. The quantitative estimate of drug-likeness (QED) is 0.0893. The largest absolute Gasteiger partial charge is 0.481 e. The number of ketones is 1. The highest BCUT2D eigenvalue weighted by molar-refractivity contribution is 5.85. The minimum atomic E-state index is -0.854. The Hall–Kier alpha value is -4.47. The van der Waals surface area contributed by atoms with Crippen LogP contribution in [0.1, 0.15) is 102 Å². The molecular formula is C40H54N4O5. The molecule has 0 aliphatic carbocycles. The van der Waals surface area contributed by atoms with Crippen LogP contribution in [0.2, 0.25) is 0 Å². The van der Waals surface area contributed by atoms with Gasteiger partial charge in [0.05, 0.1) is 12.1 Å². The fraction of sp³-hybridized carbons (Fsp3) is 0.425. The fourth-order valence-electron chi connectivity index (χ4n) is 5.03. The van der Waals surface area contributed by atoms with Gasteiger partial charge < -0.3 is 10.8 Å². The molecule has 0 unspecified atom stereocenters. The van der Waals surface area contributed by atoms with Crippen molar-refractivity contribution in [2.24, 2.45) is 5.73 Å². The number of carbonyl (C=O) groups is 3. The van der Waals surface area contributed by atoms with Gasteiger partial charge in [-0.15, -0.1) is 0 Å². The van der Waals surface area contributed by atoms with Crippen LogP contribution in [0, 0.1) is 0 Å². The average Bonchev–Trinajstić information content (AvgIpc) is 3.39. The molecule has 4 N–H and O–H groups in total. The molecule has 2 aromatic carbocycles. The number of benzene rings is 2. The zero-order valence-electron chi connectivity index (χ0n) is 29.3. The zero-order chi connectivity index (χ0) is 35.9. The third-order valence-corrected chi connectivity index (χ3v) is 7.87. The van der Waals surface area contributed by atoms with Crippen LogP contribution in [0.4, 0.5) is 0 Å². The summed E-state index contributed by atoms with van der Waals surface area (Å²) in [6, 6.07) is 19.7. The van der Waals surface area contributed by atoms with Crippen LogP contribution in [-0.2, 0) is 27.2 Å². The summed E-state index contributed by atoms with van der Waals surface area (Å²) >= 11 is 0. The number of nitrogens with two attached hydrogens (primary N) is 1. The lowest BCUT2D eigenvalue weighted by Crippen LogP contribution is -2.17. The molecule has 9 nitrogen and oxygen atoms in total. The second kappa shape index (κ2) is 23.8. The van der Waals surface area contributed by atoms with E-state index >= 15 is 0 Å². The number of carboxylic acids is 1. The Morgan fingerprint density at radius 1 is 0.755 bits per heavy atom. The second-order valence-corrected chi connectivity index (χ2v) is 12.1. The van der Waals surface area contributed by atoms with Crippen molar-refractivity contribution < 1.29 is 24.7 Å². The molecule has 1 amide bonds. The molecule has 1 aliphatic heterocycles. The van der Waals surface area contributed by atoms with Gasteiger partial charge in [0.15, 0.2) is 0 Å². The molecule has 0 radical (unpaired) electrons. The van der Waals surface area contributed by atoms with E-state index in [1.807, 2.05) is 60.8 Å². The first-order valence-corrected chi connectivity index (χ1v) is 17.5. The highest BCUT2D eigenvalue weighted by Crippen LogP contribution is 2.17. The van der Waals surface area contributed by atoms with Gasteiger partial charge in [0.2, 0.25) is 0 Å². The van der Waals surface area contributed by atoms with Crippen molar-refractivity contribution in [2.75, 3.05) is 6.54 Å². The Balaban J connectivity index is 0.000000248. The Kier molecular flexibility index (Phi) is 19.8. The van der Waals surface area contributed by atoms with E-state index in [0.29, 0.717) is 47.9 Å². The van der Waals surface area contributed by atoms with Gasteiger partial charge in [-0.1, -0.05) is 114 Å². The van der Waals surface area contributed by atoms with Crippen molar-refractivity contribution in [3.05, 3.63) is 96.7 Å². The predicted molar refractivity (Wildman–Crippen MR) is 197 cm³/mol. The smallest absolute Gasteiger partial charge is 0.309 e. The number of hydrogen-bond donors (Lipinski definition) is 3. The molecule has 5 rings (SSSR count). The first kappa shape index (κ1) is 40.7. The van der Waals surface area contributed by atoms with Crippen molar-refractivity contribution in [3.63, 3.8) is 0 Å². The molecule has 1 saturated heterocycles. The standard InChI is InChI=1S/C18H23NO.C11H9NO2.C6H15N.C5H7NO2/c1-2-3-4-5-6-11-18(20)13-17-12-15-9-7-8-10-16(15)14-19-17;13-11(14)6-10-5-8-3-1-2-4-9(8)7-12-10;1-2-3-4-5-6-7;1-4-2-3-5(7)6(4)8/h7-10,12,14H,2-6,11,13H2,1H3;1-5,7H,6H2,(H,13,14);2-7H2,1H3;8H,1-3H2. The number of rotatable bonds is 14. The number of allylic oxidation sites excluding steroid dienone is 1. The molecule has 4 aromatic rings. The maximum absolute atomic E-state index is 11.9. The summed E-state index contributed by atoms with van der Waals surface area (Å²) in [5.41, 5.74) is 7.25. The third-order valence-electron chi connectivity index (χ3n) is 7.87. The third kappa shape index (κ3) is 16.5. The average molecular weight is 671 g/mol. The predicted octanol–water partition coefficient (Wildman–Crippen LogP) is 8.61. The number of aliphatic carboxylic acids is 1. The summed E-state index contributed by atoms with van der Waals surface area (Å²) in [6.07, 6.45) is 16.8. The van der Waals surface area contributed by atoms with Gasteiger partial charge in [-0.3, -0.25) is 29.6 Å². The number of hydroxylamine groups is 2. The summed E-state index contributed by atoms with van der Waals surface area (Å²) in [5.74, 6) is -0.799. The number of pyridine rings is 2. The van der Waals surface area contributed by atoms with E-state index < -0.39 is 5.97 Å². The van der Waals surface area contributed by atoms with Gasteiger partial charge in [0.1, 0.15) is 5.78 Å². The van der Waals surface area contributed by atoms with Crippen LogP contribution in [0.15, 0.2) is 85.3 Å². The number of amides is 1. The first-order chi connectivity index (χ1) is 23.7. The minimum Gasteiger partial charge on any atom is -0.481 e. The van der Waals surface area contributed by atoms with Crippen LogP contribution in [0.3, 0.4) is 0 Å². The molecule has 49 heavy (non-hydrogen) atoms. The van der Waals surface area contributed by atoms with E-state index in [9.17, 15) is 14.4 Å². The van der Waals surface area contributed by atoms with Crippen molar-refractivity contribution >= 4 is 39.2 Å². The van der Waals surface area contributed by atoms with Gasteiger partial charge in [0.25, 0.3) is 5.91 Å². The van der Waals surface area contributed by atoms with Crippen LogP contribution in [0.25, 0.3) is 21.5 Å². The lowest BCUT2D eigenvalue weighted by atomic mass is 10.0.